The number of hydrogen-bond donors (Lipinski definition) is 0. The minimum atomic E-state index is -3.69. The molecule has 0 aromatic heterocycles. The molecule has 0 spiro atoms. The molecule has 33 heavy (non-hydrogen) atoms. The van der Waals surface area contributed by atoms with Crippen molar-refractivity contribution in [2.75, 3.05) is 0 Å². The number of carbonyl (C=O) groups excluding carboxylic acids is 2. The molecule has 3 aromatic rings. The van der Waals surface area contributed by atoms with Gasteiger partial charge in [0, 0.05) is 12.0 Å². The van der Waals surface area contributed by atoms with Crippen molar-refractivity contribution in [2.24, 2.45) is 0 Å². The van der Waals surface area contributed by atoms with Gasteiger partial charge in [0.1, 0.15) is 5.78 Å². The highest BCUT2D eigenvalue weighted by Crippen LogP contribution is 2.52. The molecule has 1 aliphatic heterocycles. The van der Waals surface area contributed by atoms with E-state index < -0.39 is 11.7 Å². The van der Waals surface area contributed by atoms with Crippen LogP contribution in [-0.4, -0.2) is 18.4 Å². The zero-order valence-corrected chi connectivity index (χ0v) is 18.4. The SMILES string of the molecule is Cc1ccc(CC(=O)C2(c3ccc4c(c3)OC(F)(F)O4)CC2)cc1-c1ccc(Cl)c(C=O)c1. The number of ether oxygens (including phenoxy) is 2. The van der Waals surface area contributed by atoms with Crippen LogP contribution in [0.1, 0.15) is 39.9 Å². The van der Waals surface area contributed by atoms with Crippen LogP contribution < -0.4 is 9.47 Å². The van der Waals surface area contributed by atoms with Crippen molar-refractivity contribution in [3.8, 4) is 22.6 Å². The number of hydrogen-bond acceptors (Lipinski definition) is 4. The average Bonchev–Trinajstić information content (AvgIpc) is 3.52. The van der Waals surface area contributed by atoms with Gasteiger partial charge in [0.2, 0.25) is 0 Å². The molecule has 0 radical (unpaired) electrons. The summed E-state index contributed by atoms with van der Waals surface area (Å²) in [4.78, 5) is 24.6. The minimum absolute atomic E-state index is 0.0209. The second-order valence-electron chi connectivity index (χ2n) is 8.51. The van der Waals surface area contributed by atoms with Gasteiger partial charge < -0.3 is 9.47 Å². The lowest BCUT2D eigenvalue weighted by molar-refractivity contribution is -0.286. The maximum atomic E-state index is 13.4. The van der Waals surface area contributed by atoms with E-state index in [1.54, 1.807) is 18.2 Å². The van der Waals surface area contributed by atoms with Crippen LogP contribution in [0, 0.1) is 6.92 Å². The second kappa shape index (κ2) is 7.66. The van der Waals surface area contributed by atoms with E-state index in [4.69, 9.17) is 11.6 Å². The van der Waals surface area contributed by atoms with Crippen LogP contribution >= 0.6 is 11.6 Å². The van der Waals surface area contributed by atoms with Gasteiger partial charge in [-0.1, -0.05) is 41.9 Å². The van der Waals surface area contributed by atoms with E-state index in [-0.39, 0.29) is 23.7 Å². The average molecular weight is 469 g/mol. The number of aryl methyl sites for hydroxylation is 1. The molecule has 1 aliphatic carbocycles. The third kappa shape index (κ3) is 3.89. The molecule has 0 bridgehead atoms. The molecule has 4 nitrogen and oxygen atoms in total. The first-order valence-electron chi connectivity index (χ1n) is 10.5. The highest BCUT2D eigenvalue weighted by molar-refractivity contribution is 6.33. The number of Topliss-reactive ketones (excluding diaryl/α,β-unsaturated/α-hetero) is 1. The summed E-state index contributed by atoms with van der Waals surface area (Å²) in [5.41, 5.74) is 3.95. The number of rotatable bonds is 6. The Kier molecular flexibility index (Phi) is 5.01. The quantitative estimate of drug-likeness (QED) is 0.399. The third-order valence-corrected chi connectivity index (χ3v) is 6.68. The van der Waals surface area contributed by atoms with Crippen molar-refractivity contribution >= 4 is 23.7 Å². The molecule has 1 heterocycles. The smallest absolute Gasteiger partial charge is 0.395 e. The Hall–Kier alpha value is -3.25. The summed E-state index contributed by atoms with van der Waals surface area (Å²) < 4.78 is 35.8. The molecular weight excluding hydrogens is 450 g/mol. The van der Waals surface area contributed by atoms with E-state index in [0.29, 0.717) is 35.3 Å². The van der Waals surface area contributed by atoms with Gasteiger partial charge in [0.05, 0.1) is 10.4 Å². The second-order valence-corrected chi connectivity index (χ2v) is 8.92. The molecule has 0 amide bonds. The Bertz CT molecular complexity index is 1300. The molecule has 1 fully saturated rings. The largest absolute Gasteiger partial charge is 0.586 e. The maximum Gasteiger partial charge on any atom is 0.586 e. The number of aldehydes is 1. The summed E-state index contributed by atoms with van der Waals surface area (Å²) in [5, 5.41) is 0.384. The summed E-state index contributed by atoms with van der Waals surface area (Å²) in [6.45, 7) is 1.96. The van der Waals surface area contributed by atoms with Crippen LogP contribution in [0.15, 0.2) is 54.6 Å². The molecule has 168 valence electrons. The molecule has 1 saturated carbocycles. The molecule has 5 rings (SSSR count). The molecule has 3 aromatic carbocycles. The zero-order chi connectivity index (χ0) is 23.4. The van der Waals surface area contributed by atoms with Gasteiger partial charge in [-0.15, -0.1) is 8.78 Å². The van der Waals surface area contributed by atoms with E-state index in [1.165, 1.54) is 12.1 Å². The topological polar surface area (TPSA) is 52.6 Å². The van der Waals surface area contributed by atoms with E-state index in [0.717, 1.165) is 22.3 Å². The Balaban J connectivity index is 1.41. The first kappa shape index (κ1) is 21.6. The van der Waals surface area contributed by atoms with E-state index in [2.05, 4.69) is 9.47 Å². The van der Waals surface area contributed by atoms with Gasteiger partial charge in [0.15, 0.2) is 17.8 Å². The van der Waals surface area contributed by atoms with Crippen LogP contribution in [0.3, 0.4) is 0 Å². The van der Waals surface area contributed by atoms with Gasteiger partial charge in [-0.3, -0.25) is 9.59 Å². The Morgan fingerprint density at radius 2 is 1.79 bits per heavy atom. The predicted molar refractivity (Wildman–Crippen MR) is 119 cm³/mol. The monoisotopic (exact) mass is 468 g/mol. The standard InChI is InChI=1S/C26H19ClF2O4/c1-15-2-3-16(10-20(15)17-4-6-21(27)18(12-17)14-30)11-24(31)25(8-9-25)19-5-7-22-23(13-19)33-26(28,29)32-22/h2-7,10,12-14H,8-9,11H2,1H3. The predicted octanol–water partition coefficient (Wildman–Crippen LogP) is 6.29. The van der Waals surface area contributed by atoms with Gasteiger partial charge in [0.25, 0.3) is 0 Å². The maximum absolute atomic E-state index is 13.4. The minimum Gasteiger partial charge on any atom is -0.395 e. The highest BCUT2D eigenvalue weighted by Gasteiger charge is 2.52. The number of alkyl halides is 2. The summed E-state index contributed by atoms with van der Waals surface area (Å²) in [6, 6.07) is 15.6. The van der Waals surface area contributed by atoms with Gasteiger partial charge >= 0.3 is 6.29 Å². The highest BCUT2D eigenvalue weighted by atomic mass is 35.5. The molecule has 7 heteroatoms. The van der Waals surface area contributed by atoms with Crippen molar-refractivity contribution in [1.29, 1.82) is 0 Å². The van der Waals surface area contributed by atoms with Crippen molar-refractivity contribution in [2.45, 2.75) is 37.9 Å². The Labute approximate surface area is 194 Å². The lowest BCUT2D eigenvalue weighted by Crippen LogP contribution is -2.26. The van der Waals surface area contributed by atoms with Crippen molar-refractivity contribution in [1.82, 2.24) is 0 Å². The molecule has 2 aliphatic rings. The van der Waals surface area contributed by atoms with Crippen molar-refractivity contribution < 1.29 is 27.8 Å². The molecule has 0 saturated heterocycles. The van der Waals surface area contributed by atoms with Crippen LogP contribution in [0.5, 0.6) is 11.5 Å². The fraction of sp³-hybridized carbons (Fsp3) is 0.231. The zero-order valence-electron chi connectivity index (χ0n) is 17.7. The Morgan fingerprint density at radius 3 is 2.52 bits per heavy atom. The lowest BCUT2D eigenvalue weighted by atomic mass is 9.87. The molecule has 0 unspecified atom stereocenters. The van der Waals surface area contributed by atoms with Gasteiger partial charge in [-0.25, -0.2) is 0 Å². The van der Waals surface area contributed by atoms with Crippen LogP contribution in [-0.2, 0) is 16.6 Å². The normalized spacial score (nSPS) is 17.0. The van der Waals surface area contributed by atoms with Crippen molar-refractivity contribution in [3.63, 3.8) is 0 Å². The van der Waals surface area contributed by atoms with E-state index >= 15 is 0 Å². The first-order chi connectivity index (χ1) is 15.7. The van der Waals surface area contributed by atoms with Gasteiger partial charge in [-0.2, -0.15) is 0 Å². The lowest BCUT2D eigenvalue weighted by Gasteiger charge is -2.16. The first-order valence-corrected chi connectivity index (χ1v) is 10.9. The van der Waals surface area contributed by atoms with Crippen LogP contribution in [0.4, 0.5) is 8.78 Å². The summed E-state index contributed by atoms with van der Waals surface area (Å²) in [7, 11) is 0. The number of carbonyl (C=O) groups is 2. The van der Waals surface area contributed by atoms with E-state index in [1.807, 2.05) is 31.2 Å². The van der Waals surface area contributed by atoms with Crippen LogP contribution in [0.2, 0.25) is 5.02 Å². The summed E-state index contributed by atoms with van der Waals surface area (Å²) >= 11 is 6.06. The number of fused-ring (bicyclic) bond motifs is 1. The number of benzene rings is 3. The summed E-state index contributed by atoms with van der Waals surface area (Å²) in [6.07, 6.45) is -1.47. The molecule has 0 atom stereocenters. The fourth-order valence-electron chi connectivity index (χ4n) is 4.35. The Morgan fingerprint density at radius 1 is 1.03 bits per heavy atom. The number of ketones is 1. The molecular formula is C26H19ClF2O4. The number of halogens is 3. The van der Waals surface area contributed by atoms with Crippen molar-refractivity contribution in [3.05, 3.63) is 81.9 Å². The third-order valence-electron chi connectivity index (χ3n) is 6.34. The van der Waals surface area contributed by atoms with E-state index in [9.17, 15) is 18.4 Å². The van der Waals surface area contributed by atoms with Gasteiger partial charge in [-0.05, 0) is 71.8 Å². The fourth-order valence-corrected chi connectivity index (χ4v) is 4.51. The summed E-state index contributed by atoms with van der Waals surface area (Å²) in [5.74, 6) is -0.0663. The van der Waals surface area contributed by atoms with Crippen LogP contribution in [0.25, 0.3) is 11.1 Å². The molecule has 0 N–H and O–H groups in total.